The van der Waals surface area contributed by atoms with Crippen LogP contribution < -0.4 is 15.9 Å². The fourth-order valence-electron chi connectivity index (χ4n) is 2.93. The van der Waals surface area contributed by atoms with Gasteiger partial charge in [0.1, 0.15) is 11.6 Å². The monoisotopic (exact) mass is 402 g/mol. The van der Waals surface area contributed by atoms with Crippen molar-refractivity contribution in [2.45, 2.75) is 71.1 Å². The lowest BCUT2D eigenvalue weighted by molar-refractivity contribution is 0.304. The Labute approximate surface area is 173 Å². The van der Waals surface area contributed by atoms with E-state index in [0.717, 1.165) is 24.3 Å². The minimum atomic E-state index is 0.506. The first kappa shape index (κ1) is 22.2. The quantitative estimate of drug-likeness (QED) is 0.203. The summed E-state index contributed by atoms with van der Waals surface area (Å²) in [6.45, 7) is 3.06. The summed E-state index contributed by atoms with van der Waals surface area (Å²) in [7, 11) is 0. The van der Waals surface area contributed by atoms with Gasteiger partial charge in [-0.3, -0.25) is 5.43 Å². The summed E-state index contributed by atoms with van der Waals surface area (Å²) in [4.78, 5) is 4.09. The zero-order valence-corrected chi connectivity index (χ0v) is 17.8. The predicted molar refractivity (Wildman–Crippen MR) is 122 cm³/mol. The average molecular weight is 403 g/mol. The van der Waals surface area contributed by atoms with Gasteiger partial charge < -0.3 is 10.5 Å². The second kappa shape index (κ2) is 14.0. The Morgan fingerprint density at radius 3 is 2.25 bits per heavy atom. The minimum absolute atomic E-state index is 0.506. The molecule has 0 aliphatic carbocycles. The topological polar surface area (TPSA) is 72.5 Å². The molecule has 0 aliphatic rings. The summed E-state index contributed by atoms with van der Waals surface area (Å²) in [6.07, 6.45) is 15.2. The van der Waals surface area contributed by atoms with E-state index in [4.69, 9.17) is 10.5 Å². The highest BCUT2D eigenvalue weighted by Gasteiger charge is 1.97. The lowest BCUT2D eigenvalue weighted by Crippen LogP contribution is -1.97. The predicted octanol–water partition coefficient (Wildman–Crippen LogP) is 6.47. The number of thiazole rings is 1. The molecule has 0 atom stereocenters. The van der Waals surface area contributed by atoms with Gasteiger partial charge in [0.15, 0.2) is 0 Å². The van der Waals surface area contributed by atoms with E-state index >= 15 is 0 Å². The number of benzene rings is 1. The Kier molecular flexibility index (Phi) is 11.1. The fraction of sp³-hybridized carbons (Fsp3) is 0.545. The van der Waals surface area contributed by atoms with Gasteiger partial charge in [-0.2, -0.15) is 5.10 Å². The number of unbranched alkanes of at least 4 members (excludes halogenated alkanes) is 9. The van der Waals surface area contributed by atoms with E-state index in [1.807, 2.05) is 24.3 Å². The number of ether oxygens (including phenoxy) is 1. The lowest BCUT2D eigenvalue weighted by atomic mass is 10.1. The summed E-state index contributed by atoms with van der Waals surface area (Å²) >= 11 is 1.43. The van der Waals surface area contributed by atoms with Crippen LogP contribution in [0, 0.1) is 0 Å². The maximum Gasteiger partial charge on any atom is 0.205 e. The number of nitrogen functional groups attached to an aromatic ring is 1. The van der Waals surface area contributed by atoms with Crippen molar-refractivity contribution in [2.75, 3.05) is 17.8 Å². The van der Waals surface area contributed by atoms with E-state index in [1.165, 1.54) is 69.1 Å². The van der Waals surface area contributed by atoms with Gasteiger partial charge >= 0.3 is 0 Å². The SMILES string of the molecule is CCCCCCCCCCCCOc1ccc(C=NNc2nc(N)cs2)cc1. The molecule has 154 valence electrons. The molecule has 0 amide bonds. The molecule has 3 N–H and O–H groups in total. The van der Waals surface area contributed by atoms with Crippen molar-refractivity contribution in [1.29, 1.82) is 0 Å². The maximum atomic E-state index is 5.83. The van der Waals surface area contributed by atoms with Crippen LogP contribution in [0.1, 0.15) is 76.7 Å². The highest BCUT2D eigenvalue weighted by Crippen LogP contribution is 2.16. The van der Waals surface area contributed by atoms with E-state index in [9.17, 15) is 0 Å². The number of hydrogen-bond acceptors (Lipinski definition) is 6. The van der Waals surface area contributed by atoms with Crippen molar-refractivity contribution in [3.05, 3.63) is 35.2 Å². The average Bonchev–Trinajstić information content (AvgIpc) is 3.12. The number of rotatable bonds is 15. The van der Waals surface area contributed by atoms with Crippen LogP contribution in [-0.4, -0.2) is 17.8 Å². The van der Waals surface area contributed by atoms with E-state index in [2.05, 4.69) is 22.4 Å². The highest BCUT2D eigenvalue weighted by molar-refractivity contribution is 7.14. The molecule has 0 radical (unpaired) electrons. The summed E-state index contributed by atoms with van der Waals surface area (Å²) < 4.78 is 5.83. The van der Waals surface area contributed by atoms with Crippen LogP contribution in [0.2, 0.25) is 0 Å². The van der Waals surface area contributed by atoms with Crippen LogP contribution in [0.25, 0.3) is 0 Å². The first-order valence-corrected chi connectivity index (χ1v) is 11.4. The molecular formula is C22H34N4OS. The van der Waals surface area contributed by atoms with E-state index in [-0.39, 0.29) is 0 Å². The van der Waals surface area contributed by atoms with Gasteiger partial charge in [-0.1, -0.05) is 64.7 Å². The van der Waals surface area contributed by atoms with E-state index in [1.54, 1.807) is 11.6 Å². The molecule has 0 fully saturated rings. The molecule has 1 aromatic carbocycles. The standard InChI is InChI=1S/C22H34N4OS/c1-2-3-4-5-6-7-8-9-10-11-16-27-20-14-12-19(13-15-20)17-24-26-22-25-21(23)18-28-22/h12-15,17-18H,2-11,16,23H2,1H3,(H,25,26). The van der Waals surface area contributed by atoms with Crippen LogP contribution in [0.4, 0.5) is 10.9 Å². The van der Waals surface area contributed by atoms with Gasteiger partial charge in [0, 0.05) is 5.38 Å². The maximum absolute atomic E-state index is 5.83. The van der Waals surface area contributed by atoms with E-state index < -0.39 is 0 Å². The van der Waals surface area contributed by atoms with Crippen molar-refractivity contribution in [3.63, 3.8) is 0 Å². The molecule has 0 aliphatic heterocycles. The number of hydrogen-bond donors (Lipinski definition) is 2. The van der Waals surface area contributed by atoms with Gasteiger partial charge in [0.2, 0.25) is 5.13 Å². The smallest absolute Gasteiger partial charge is 0.205 e. The molecule has 1 heterocycles. The van der Waals surface area contributed by atoms with Crippen LogP contribution in [0.5, 0.6) is 5.75 Å². The van der Waals surface area contributed by atoms with Gasteiger partial charge in [-0.25, -0.2) is 4.98 Å². The Morgan fingerprint density at radius 1 is 1.00 bits per heavy atom. The molecule has 2 rings (SSSR count). The van der Waals surface area contributed by atoms with E-state index in [0.29, 0.717) is 10.9 Å². The number of nitrogens with two attached hydrogens (primary N) is 1. The molecule has 0 saturated heterocycles. The van der Waals surface area contributed by atoms with Gasteiger partial charge in [0.05, 0.1) is 12.8 Å². The molecule has 1 aromatic heterocycles. The summed E-state index contributed by atoms with van der Waals surface area (Å²) in [5.41, 5.74) is 9.44. The Bertz CT molecular complexity index is 669. The Balaban J connectivity index is 1.50. The zero-order chi connectivity index (χ0) is 19.9. The molecule has 0 spiro atoms. The van der Waals surface area contributed by atoms with Crippen molar-refractivity contribution in [1.82, 2.24) is 4.98 Å². The number of nitrogens with zero attached hydrogens (tertiary/aromatic N) is 2. The third-order valence-electron chi connectivity index (χ3n) is 4.54. The number of hydrazone groups is 1. The Morgan fingerprint density at radius 2 is 1.64 bits per heavy atom. The number of nitrogens with one attached hydrogen (secondary N) is 1. The highest BCUT2D eigenvalue weighted by atomic mass is 32.1. The minimum Gasteiger partial charge on any atom is -0.494 e. The second-order valence-corrected chi connectivity index (χ2v) is 7.91. The van der Waals surface area contributed by atoms with Gasteiger partial charge in [0.25, 0.3) is 0 Å². The van der Waals surface area contributed by atoms with Crippen molar-refractivity contribution in [3.8, 4) is 5.75 Å². The first-order valence-electron chi connectivity index (χ1n) is 10.5. The lowest BCUT2D eigenvalue weighted by Gasteiger charge is -2.06. The first-order chi connectivity index (χ1) is 13.8. The largest absolute Gasteiger partial charge is 0.494 e. The zero-order valence-electron chi connectivity index (χ0n) is 17.0. The molecule has 2 aromatic rings. The van der Waals surface area contributed by atoms with Crippen molar-refractivity contribution >= 4 is 28.5 Å². The molecule has 0 unspecified atom stereocenters. The van der Waals surface area contributed by atoms with Crippen LogP contribution >= 0.6 is 11.3 Å². The summed E-state index contributed by atoms with van der Waals surface area (Å²) in [5, 5.41) is 6.62. The Hall–Kier alpha value is -2.08. The molecule has 5 nitrogen and oxygen atoms in total. The van der Waals surface area contributed by atoms with Gasteiger partial charge in [-0.15, -0.1) is 11.3 Å². The van der Waals surface area contributed by atoms with Crippen molar-refractivity contribution in [2.24, 2.45) is 5.10 Å². The third-order valence-corrected chi connectivity index (χ3v) is 5.31. The van der Waals surface area contributed by atoms with Gasteiger partial charge in [-0.05, 0) is 36.2 Å². The number of aromatic nitrogens is 1. The second-order valence-electron chi connectivity index (χ2n) is 7.05. The fourth-order valence-corrected chi connectivity index (χ4v) is 3.48. The number of anilines is 2. The summed E-state index contributed by atoms with van der Waals surface area (Å²) in [6, 6.07) is 7.96. The van der Waals surface area contributed by atoms with Crippen LogP contribution in [0.15, 0.2) is 34.7 Å². The molecule has 0 saturated carbocycles. The van der Waals surface area contributed by atoms with Crippen LogP contribution in [0.3, 0.4) is 0 Å². The third kappa shape index (κ3) is 9.74. The van der Waals surface area contributed by atoms with Crippen LogP contribution in [-0.2, 0) is 0 Å². The molecule has 6 heteroatoms. The molecule has 0 bridgehead atoms. The summed E-state index contributed by atoms with van der Waals surface area (Å²) in [5.74, 6) is 1.42. The molecule has 28 heavy (non-hydrogen) atoms. The normalized spacial score (nSPS) is 11.2. The molecular weight excluding hydrogens is 368 g/mol. The van der Waals surface area contributed by atoms with Crippen molar-refractivity contribution < 1.29 is 4.74 Å².